The Hall–Kier alpha value is -2.38. The molecule has 1 fully saturated rings. The molecule has 7 heteroatoms. The Bertz CT molecular complexity index is 918. The van der Waals surface area contributed by atoms with Crippen molar-refractivity contribution < 1.29 is 18.0 Å². The van der Waals surface area contributed by atoms with E-state index in [1.165, 1.54) is 37.8 Å². The van der Waals surface area contributed by atoms with E-state index in [0.717, 1.165) is 30.3 Å². The highest BCUT2D eigenvalue weighted by atomic mass is 19.4. The van der Waals surface area contributed by atoms with E-state index in [0.29, 0.717) is 18.7 Å². The van der Waals surface area contributed by atoms with Gasteiger partial charge in [-0.15, -0.1) is 0 Å². The summed E-state index contributed by atoms with van der Waals surface area (Å²) < 4.78 is 40.8. The third-order valence-corrected chi connectivity index (χ3v) is 6.00. The molecule has 0 saturated carbocycles. The van der Waals surface area contributed by atoms with Crippen LogP contribution in [0.1, 0.15) is 72.1 Å². The Morgan fingerprint density at radius 2 is 1.62 bits per heavy atom. The number of piperazine rings is 1. The average molecular weight is 478 g/mol. The number of benzene rings is 2. The number of nitrogens with one attached hydrogen (secondary N) is 2. The summed E-state index contributed by atoms with van der Waals surface area (Å²) in [5.41, 5.74) is 2.08. The summed E-state index contributed by atoms with van der Waals surface area (Å²) in [6, 6.07) is 9.24. The van der Waals surface area contributed by atoms with Crippen molar-refractivity contribution in [2.24, 2.45) is 0 Å². The molecular weight excluding hydrogens is 439 g/mol. The SMILES string of the molecule is CCCCCC.Cc1ccc(C(=O)Nc2ccc(CN3CCNCC3)c(C(F)(F)F)c2)cc1C. The number of hydrogen-bond donors (Lipinski definition) is 2. The number of carbonyl (C=O) groups excluding carboxylic acids is 1. The zero-order chi connectivity index (χ0) is 25.1. The van der Waals surface area contributed by atoms with Crippen molar-refractivity contribution in [3.8, 4) is 0 Å². The van der Waals surface area contributed by atoms with Gasteiger partial charge in [-0.05, 0) is 54.8 Å². The molecule has 4 nitrogen and oxygen atoms in total. The molecule has 0 bridgehead atoms. The number of amides is 1. The summed E-state index contributed by atoms with van der Waals surface area (Å²) in [6.45, 7) is 11.5. The molecule has 0 atom stereocenters. The zero-order valence-corrected chi connectivity index (χ0v) is 20.8. The quantitative estimate of drug-likeness (QED) is 0.444. The van der Waals surface area contributed by atoms with Crippen LogP contribution in [0.5, 0.6) is 0 Å². The lowest BCUT2D eigenvalue weighted by Gasteiger charge is -2.28. The fraction of sp³-hybridized carbons (Fsp3) is 0.519. The maximum atomic E-state index is 13.6. The van der Waals surface area contributed by atoms with Crippen LogP contribution < -0.4 is 10.6 Å². The van der Waals surface area contributed by atoms with E-state index in [-0.39, 0.29) is 17.8 Å². The van der Waals surface area contributed by atoms with E-state index in [1.807, 2.05) is 24.8 Å². The predicted molar refractivity (Wildman–Crippen MR) is 133 cm³/mol. The summed E-state index contributed by atoms with van der Waals surface area (Å²) in [5.74, 6) is -0.425. The van der Waals surface area contributed by atoms with Crippen LogP contribution in [0.25, 0.3) is 0 Å². The minimum Gasteiger partial charge on any atom is -0.322 e. The minimum atomic E-state index is -4.48. The highest BCUT2D eigenvalue weighted by Gasteiger charge is 2.34. The van der Waals surface area contributed by atoms with Gasteiger partial charge in [0.05, 0.1) is 5.56 Å². The molecule has 2 aromatic rings. The first-order valence-corrected chi connectivity index (χ1v) is 12.2. The van der Waals surface area contributed by atoms with E-state index < -0.39 is 17.6 Å². The number of aryl methyl sites for hydroxylation is 2. The van der Waals surface area contributed by atoms with Gasteiger partial charge in [0.25, 0.3) is 5.91 Å². The van der Waals surface area contributed by atoms with Crippen molar-refractivity contribution in [1.29, 1.82) is 0 Å². The number of nitrogens with zero attached hydrogens (tertiary/aromatic N) is 1. The largest absolute Gasteiger partial charge is 0.416 e. The molecule has 0 radical (unpaired) electrons. The van der Waals surface area contributed by atoms with Crippen molar-refractivity contribution in [3.63, 3.8) is 0 Å². The molecule has 1 heterocycles. The van der Waals surface area contributed by atoms with Gasteiger partial charge in [0.2, 0.25) is 0 Å². The lowest BCUT2D eigenvalue weighted by atomic mass is 10.0. The van der Waals surface area contributed by atoms with Gasteiger partial charge in [-0.2, -0.15) is 13.2 Å². The highest BCUT2D eigenvalue weighted by molar-refractivity contribution is 6.04. The molecule has 2 N–H and O–H groups in total. The molecule has 3 rings (SSSR count). The second kappa shape index (κ2) is 13.5. The number of carbonyl (C=O) groups is 1. The maximum Gasteiger partial charge on any atom is 0.416 e. The van der Waals surface area contributed by atoms with Gasteiger partial charge in [0.1, 0.15) is 0 Å². The molecule has 1 aliphatic heterocycles. The normalized spacial score (nSPS) is 14.3. The van der Waals surface area contributed by atoms with Gasteiger partial charge in [-0.25, -0.2) is 0 Å². The molecule has 1 saturated heterocycles. The number of unbranched alkanes of at least 4 members (excludes halogenated alkanes) is 3. The fourth-order valence-electron chi connectivity index (χ4n) is 3.75. The van der Waals surface area contributed by atoms with Crippen molar-refractivity contribution in [1.82, 2.24) is 10.2 Å². The van der Waals surface area contributed by atoms with Gasteiger partial charge in [0.15, 0.2) is 0 Å². The monoisotopic (exact) mass is 477 g/mol. The molecule has 0 unspecified atom stereocenters. The van der Waals surface area contributed by atoms with Crippen LogP contribution in [-0.2, 0) is 12.7 Å². The molecule has 34 heavy (non-hydrogen) atoms. The Kier molecular flexibility index (Phi) is 11.1. The van der Waals surface area contributed by atoms with Gasteiger partial charge < -0.3 is 10.6 Å². The van der Waals surface area contributed by atoms with Crippen LogP contribution in [0.2, 0.25) is 0 Å². The van der Waals surface area contributed by atoms with E-state index >= 15 is 0 Å². The second-order valence-corrected chi connectivity index (χ2v) is 8.86. The van der Waals surface area contributed by atoms with Crippen molar-refractivity contribution in [3.05, 3.63) is 64.2 Å². The molecule has 0 aliphatic carbocycles. The predicted octanol–water partition coefficient (Wildman–Crippen LogP) is 6.57. The third-order valence-electron chi connectivity index (χ3n) is 6.00. The van der Waals surface area contributed by atoms with E-state index in [1.54, 1.807) is 12.1 Å². The van der Waals surface area contributed by atoms with Crippen molar-refractivity contribution in [2.45, 2.75) is 66.1 Å². The second-order valence-electron chi connectivity index (χ2n) is 8.86. The van der Waals surface area contributed by atoms with Crippen LogP contribution in [0.3, 0.4) is 0 Å². The van der Waals surface area contributed by atoms with Gasteiger partial charge in [-0.1, -0.05) is 51.7 Å². The molecular formula is C27H38F3N3O. The molecule has 1 aliphatic rings. The fourth-order valence-corrected chi connectivity index (χ4v) is 3.75. The first kappa shape index (κ1) is 27.9. The van der Waals surface area contributed by atoms with E-state index in [4.69, 9.17) is 0 Å². The molecule has 188 valence electrons. The third kappa shape index (κ3) is 8.76. The summed E-state index contributed by atoms with van der Waals surface area (Å²) in [5, 5.41) is 5.77. The molecule has 1 amide bonds. The molecule has 2 aromatic carbocycles. The Labute approximate surface area is 201 Å². The highest BCUT2D eigenvalue weighted by Crippen LogP contribution is 2.34. The molecule has 0 aromatic heterocycles. The van der Waals surface area contributed by atoms with Gasteiger partial charge in [0, 0.05) is 44.0 Å². The zero-order valence-electron chi connectivity index (χ0n) is 20.8. The summed E-state index contributed by atoms with van der Waals surface area (Å²) in [4.78, 5) is 14.4. The summed E-state index contributed by atoms with van der Waals surface area (Å²) in [6.07, 6.45) is 1.05. The van der Waals surface area contributed by atoms with Gasteiger partial charge >= 0.3 is 6.18 Å². The van der Waals surface area contributed by atoms with Crippen molar-refractivity contribution in [2.75, 3.05) is 31.5 Å². The lowest BCUT2D eigenvalue weighted by molar-refractivity contribution is -0.138. The topological polar surface area (TPSA) is 44.4 Å². The standard InChI is InChI=1S/C21H24F3N3O.C6H14/c1-14-3-4-16(11-15(14)2)20(28)26-18-6-5-17(19(12-18)21(22,23)24)13-27-9-7-25-8-10-27;1-3-5-6-4-2/h3-6,11-12,25H,7-10,13H2,1-2H3,(H,26,28);3-6H2,1-2H3. The number of rotatable bonds is 7. The smallest absolute Gasteiger partial charge is 0.322 e. The number of anilines is 1. The first-order chi connectivity index (χ1) is 16.2. The number of alkyl halides is 3. The van der Waals surface area contributed by atoms with Crippen LogP contribution in [0, 0.1) is 13.8 Å². The maximum absolute atomic E-state index is 13.6. The minimum absolute atomic E-state index is 0.139. The summed E-state index contributed by atoms with van der Waals surface area (Å²) >= 11 is 0. The van der Waals surface area contributed by atoms with Crippen LogP contribution in [-0.4, -0.2) is 37.0 Å². The van der Waals surface area contributed by atoms with Crippen molar-refractivity contribution >= 4 is 11.6 Å². The van der Waals surface area contributed by atoms with E-state index in [2.05, 4.69) is 24.5 Å². The van der Waals surface area contributed by atoms with Gasteiger partial charge in [-0.3, -0.25) is 9.69 Å². The number of halogens is 3. The Morgan fingerprint density at radius 3 is 2.18 bits per heavy atom. The number of hydrogen-bond acceptors (Lipinski definition) is 3. The average Bonchev–Trinajstić information content (AvgIpc) is 2.81. The Morgan fingerprint density at radius 1 is 0.971 bits per heavy atom. The summed E-state index contributed by atoms with van der Waals surface area (Å²) in [7, 11) is 0. The molecule has 0 spiro atoms. The van der Waals surface area contributed by atoms with Crippen LogP contribution >= 0.6 is 0 Å². The van der Waals surface area contributed by atoms with E-state index in [9.17, 15) is 18.0 Å². The first-order valence-electron chi connectivity index (χ1n) is 12.2. The van der Waals surface area contributed by atoms with Crippen LogP contribution in [0.4, 0.5) is 18.9 Å². The Balaban J connectivity index is 0.000000604. The van der Waals surface area contributed by atoms with Crippen LogP contribution in [0.15, 0.2) is 36.4 Å². The lowest BCUT2D eigenvalue weighted by Crippen LogP contribution is -2.43.